The van der Waals surface area contributed by atoms with Gasteiger partial charge in [0.15, 0.2) is 6.36 Å². The van der Waals surface area contributed by atoms with Crippen molar-refractivity contribution < 1.29 is 9.13 Å². The van der Waals surface area contributed by atoms with Crippen molar-refractivity contribution in [3.63, 3.8) is 0 Å². The number of halogens is 1. The van der Waals surface area contributed by atoms with Crippen LogP contribution >= 0.6 is 0 Å². The van der Waals surface area contributed by atoms with E-state index in [1.807, 2.05) is 0 Å². The highest BCUT2D eigenvalue weighted by atomic mass is 19.1. The van der Waals surface area contributed by atoms with Crippen LogP contribution in [-0.4, -0.2) is 37.0 Å². The molecule has 1 heterocycles. The summed E-state index contributed by atoms with van der Waals surface area (Å²) in [6.07, 6.45) is -0.986. The SMILES string of the molecule is CC(C)CN1CC(OC(C)F)C1. The highest BCUT2D eigenvalue weighted by Crippen LogP contribution is 2.15. The minimum atomic E-state index is -1.11. The first-order chi connectivity index (χ1) is 5.58. The Morgan fingerprint density at radius 1 is 1.42 bits per heavy atom. The lowest BCUT2D eigenvalue weighted by Crippen LogP contribution is -2.53. The minimum absolute atomic E-state index is 0.128. The van der Waals surface area contributed by atoms with Crippen molar-refractivity contribution in [1.82, 2.24) is 4.90 Å². The van der Waals surface area contributed by atoms with E-state index in [4.69, 9.17) is 4.74 Å². The molecule has 0 aliphatic carbocycles. The molecule has 3 heteroatoms. The molecule has 1 atom stereocenters. The molecule has 1 aliphatic heterocycles. The van der Waals surface area contributed by atoms with Crippen LogP contribution in [0.3, 0.4) is 0 Å². The molecule has 0 spiro atoms. The molecule has 1 unspecified atom stereocenters. The van der Waals surface area contributed by atoms with Gasteiger partial charge in [-0.25, -0.2) is 4.39 Å². The third kappa shape index (κ3) is 3.07. The average molecular weight is 175 g/mol. The van der Waals surface area contributed by atoms with Crippen molar-refractivity contribution >= 4 is 0 Å². The van der Waals surface area contributed by atoms with Crippen LogP contribution in [0.1, 0.15) is 20.8 Å². The molecule has 0 aromatic rings. The minimum Gasteiger partial charge on any atom is -0.342 e. The van der Waals surface area contributed by atoms with Gasteiger partial charge in [0.2, 0.25) is 0 Å². The van der Waals surface area contributed by atoms with Gasteiger partial charge in [0.1, 0.15) is 0 Å². The van der Waals surface area contributed by atoms with Crippen LogP contribution in [0, 0.1) is 5.92 Å². The predicted molar refractivity (Wildman–Crippen MR) is 46.7 cm³/mol. The van der Waals surface area contributed by atoms with E-state index < -0.39 is 6.36 Å². The third-order valence-corrected chi connectivity index (χ3v) is 1.93. The molecule has 1 fully saturated rings. The van der Waals surface area contributed by atoms with E-state index in [0.29, 0.717) is 5.92 Å². The van der Waals surface area contributed by atoms with E-state index in [9.17, 15) is 4.39 Å². The fourth-order valence-electron chi connectivity index (χ4n) is 1.54. The van der Waals surface area contributed by atoms with Crippen LogP contribution in [-0.2, 0) is 4.74 Å². The zero-order valence-electron chi connectivity index (χ0n) is 8.09. The fraction of sp³-hybridized carbons (Fsp3) is 1.00. The molecule has 0 bridgehead atoms. The summed E-state index contributed by atoms with van der Waals surface area (Å²) >= 11 is 0. The first kappa shape index (κ1) is 9.93. The number of hydrogen-bond donors (Lipinski definition) is 0. The standard InChI is InChI=1S/C9H18FNO/c1-7(2)4-11-5-9(6-11)12-8(3)10/h7-9H,4-6H2,1-3H3. The number of rotatable bonds is 4. The lowest BCUT2D eigenvalue weighted by Gasteiger charge is -2.40. The number of ether oxygens (including phenoxy) is 1. The van der Waals surface area contributed by atoms with E-state index in [1.54, 1.807) is 0 Å². The van der Waals surface area contributed by atoms with Gasteiger partial charge in [0, 0.05) is 19.6 Å². The molecule has 72 valence electrons. The molecule has 1 aliphatic rings. The number of nitrogens with zero attached hydrogens (tertiary/aromatic N) is 1. The molecular weight excluding hydrogens is 157 g/mol. The Hall–Kier alpha value is -0.150. The normalized spacial score (nSPS) is 22.8. The smallest absolute Gasteiger partial charge is 0.196 e. The molecular formula is C9H18FNO. The van der Waals surface area contributed by atoms with Gasteiger partial charge >= 0.3 is 0 Å². The topological polar surface area (TPSA) is 12.5 Å². The lowest BCUT2D eigenvalue weighted by atomic mass is 10.1. The van der Waals surface area contributed by atoms with Crippen molar-refractivity contribution in [2.45, 2.75) is 33.2 Å². The highest BCUT2D eigenvalue weighted by molar-refractivity contribution is 4.81. The number of hydrogen-bond acceptors (Lipinski definition) is 2. The third-order valence-electron chi connectivity index (χ3n) is 1.93. The molecule has 0 N–H and O–H groups in total. The molecule has 0 amide bonds. The predicted octanol–water partition coefficient (Wildman–Crippen LogP) is 1.66. The van der Waals surface area contributed by atoms with Gasteiger partial charge in [-0.05, 0) is 12.8 Å². The van der Waals surface area contributed by atoms with Gasteiger partial charge in [0.25, 0.3) is 0 Å². The summed E-state index contributed by atoms with van der Waals surface area (Å²) in [5.41, 5.74) is 0. The van der Waals surface area contributed by atoms with E-state index >= 15 is 0 Å². The summed E-state index contributed by atoms with van der Waals surface area (Å²) in [6.45, 7) is 8.70. The molecule has 1 rings (SSSR count). The van der Waals surface area contributed by atoms with Crippen LogP contribution in [0.4, 0.5) is 4.39 Å². The summed E-state index contributed by atoms with van der Waals surface area (Å²) in [5.74, 6) is 0.689. The maximum absolute atomic E-state index is 12.3. The second-order valence-electron chi connectivity index (χ2n) is 3.91. The molecule has 2 nitrogen and oxygen atoms in total. The van der Waals surface area contributed by atoms with Gasteiger partial charge in [-0.1, -0.05) is 13.8 Å². The van der Waals surface area contributed by atoms with E-state index in [2.05, 4.69) is 18.7 Å². The monoisotopic (exact) mass is 175 g/mol. The second-order valence-corrected chi connectivity index (χ2v) is 3.91. The quantitative estimate of drug-likeness (QED) is 0.644. The largest absolute Gasteiger partial charge is 0.342 e. The van der Waals surface area contributed by atoms with Gasteiger partial charge < -0.3 is 4.74 Å². The van der Waals surface area contributed by atoms with Gasteiger partial charge in [-0.2, -0.15) is 0 Å². The van der Waals surface area contributed by atoms with Crippen LogP contribution in [0.25, 0.3) is 0 Å². The number of likely N-dealkylation sites (tertiary alicyclic amines) is 1. The fourth-order valence-corrected chi connectivity index (χ4v) is 1.54. The average Bonchev–Trinajstić information content (AvgIpc) is 1.80. The van der Waals surface area contributed by atoms with E-state index in [0.717, 1.165) is 19.6 Å². The first-order valence-electron chi connectivity index (χ1n) is 4.60. The van der Waals surface area contributed by atoms with Gasteiger partial charge in [-0.15, -0.1) is 0 Å². The maximum atomic E-state index is 12.3. The lowest BCUT2D eigenvalue weighted by molar-refractivity contribution is -0.132. The maximum Gasteiger partial charge on any atom is 0.196 e. The molecule has 0 radical (unpaired) electrons. The zero-order chi connectivity index (χ0) is 9.14. The van der Waals surface area contributed by atoms with Crippen molar-refractivity contribution in [1.29, 1.82) is 0 Å². The van der Waals surface area contributed by atoms with Crippen LogP contribution < -0.4 is 0 Å². The summed E-state index contributed by atoms with van der Waals surface area (Å²) in [6, 6.07) is 0. The molecule has 0 aromatic heterocycles. The summed E-state index contributed by atoms with van der Waals surface area (Å²) < 4.78 is 17.3. The van der Waals surface area contributed by atoms with Crippen molar-refractivity contribution in [2.24, 2.45) is 5.92 Å². The highest BCUT2D eigenvalue weighted by Gasteiger charge is 2.28. The van der Waals surface area contributed by atoms with Crippen LogP contribution in [0.2, 0.25) is 0 Å². The summed E-state index contributed by atoms with van der Waals surface area (Å²) in [4.78, 5) is 2.29. The Bertz CT molecular complexity index is 118. The zero-order valence-corrected chi connectivity index (χ0v) is 8.09. The van der Waals surface area contributed by atoms with E-state index in [1.165, 1.54) is 6.92 Å². The Kier molecular flexibility index (Phi) is 3.47. The summed E-state index contributed by atoms with van der Waals surface area (Å²) in [5, 5.41) is 0. The van der Waals surface area contributed by atoms with Gasteiger partial charge in [-0.3, -0.25) is 4.90 Å². The van der Waals surface area contributed by atoms with Gasteiger partial charge in [0.05, 0.1) is 6.10 Å². The summed E-state index contributed by atoms with van der Waals surface area (Å²) in [7, 11) is 0. The molecule has 0 aromatic carbocycles. The second kappa shape index (κ2) is 4.19. The Balaban J connectivity index is 2.04. The Morgan fingerprint density at radius 2 is 2.00 bits per heavy atom. The van der Waals surface area contributed by atoms with Crippen molar-refractivity contribution in [3.8, 4) is 0 Å². The van der Waals surface area contributed by atoms with Crippen molar-refractivity contribution in [3.05, 3.63) is 0 Å². The molecule has 1 saturated heterocycles. The van der Waals surface area contributed by atoms with Crippen LogP contribution in [0.15, 0.2) is 0 Å². The first-order valence-corrected chi connectivity index (χ1v) is 4.60. The Morgan fingerprint density at radius 3 is 2.42 bits per heavy atom. The van der Waals surface area contributed by atoms with Crippen LogP contribution in [0.5, 0.6) is 0 Å². The molecule has 0 saturated carbocycles. The Labute approximate surface area is 73.7 Å². The molecule has 12 heavy (non-hydrogen) atoms. The van der Waals surface area contributed by atoms with Crippen molar-refractivity contribution in [2.75, 3.05) is 19.6 Å². The number of alkyl halides is 1. The van der Waals surface area contributed by atoms with E-state index in [-0.39, 0.29) is 6.10 Å².